The number of nitrogens with one attached hydrogen (secondary N) is 1. The van der Waals surface area contributed by atoms with Crippen LogP contribution in [0.5, 0.6) is 11.5 Å². The first-order valence-electron chi connectivity index (χ1n) is 8.99. The van der Waals surface area contributed by atoms with Crippen LogP contribution in [-0.4, -0.2) is 23.8 Å². The van der Waals surface area contributed by atoms with Gasteiger partial charge in [-0.1, -0.05) is 37.3 Å². The van der Waals surface area contributed by atoms with E-state index in [0.29, 0.717) is 29.6 Å². The van der Waals surface area contributed by atoms with Crippen LogP contribution in [-0.2, 0) is 13.0 Å². The van der Waals surface area contributed by atoms with Gasteiger partial charge < -0.3 is 14.9 Å². The van der Waals surface area contributed by atoms with Crippen molar-refractivity contribution in [2.45, 2.75) is 19.9 Å². The van der Waals surface area contributed by atoms with E-state index < -0.39 is 0 Å². The molecular weight excluding hydrogens is 356 g/mol. The van der Waals surface area contributed by atoms with E-state index >= 15 is 0 Å². The number of aromatic nitrogens is 2. The van der Waals surface area contributed by atoms with Crippen LogP contribution in [0.15, 0.2) is 53.3 Å². The van der Waals surface area contributed by atoms with Crippen molar-refractivity contribution >= 4 is 5.82 Å². The summed E-state index contributed by atoms with van der Waals surface area (Å²) in [5, 5.41) is 0. The normalized spacial score (nSPS) is 10.6. The van der Waals surface area contributed by atoms with Crippen molar-refractivity contribution in [3.05, 3.63) is 70.1 Å². The molecule has 0 saturated carbocycles. The van der Waals surface area contributed by atoms with E-state index in [1.807, 2.05) is 49.4 Å². The molecule has 0 unspecified atom stereocenters. The van der Waals surface area contributed by atoms with Gasteiger partial charge in [-0.05, 0) is 29.7 Å². The van der Waals surface area contributed by atoms with E-state index in [9.17, 15) is 4.79 Å². The maximum Gasteiger partial charge on any atom is 0.350 e. The summed E-state index contributed by atoms with van der Waals surface area (Å²) in [6.45, 7) is 2.41. The number of ether oxygens (including phenoxy) is 2. The predicted molar refractivity (Wildman–Crippen MR) is 110 cm³/mol. The Kier molecular flexibility index (Phi) is 5.96. The minimum atomic E-state index is -0.383. The number of hydrogen-bond acceptors (Lipinski definition) is 6. The molecule has 0 aliphatic rings. The molecular formula is C21H24N4O3. The number of aryl methyl sites for hydroxylation is 1. The van der Waals surface area contributed by atoms with Gasteiger partial charge in [0.15, 0.2) is 11.5 Å². The number of nitrogen functional groups attached to an aromatic ring is 1. The summed E-state index contributed by atoms with van der Waals surface area (Å²) in [7, 11) is 3.17. The van der Waals surface area contributed by atoms with Crippen LogP contribution in [0.2, 0.25) is 0 Å². The Hall–Kier alpha value is -3.32. The Bertz CT molecular complexity index is 1020. The zero-order valence-corrected chi connectivity index (χ0v) is 16.2. The number of nitrogens with two attached hydrogens (primary N) is 1. The van der Waals surface area contributed by atoms with Crippen molar-refractivity contribution in [2.24, 2.45) is 5.84 Å². The SMILES string of the molecule is CCc1cc(OC)c(OC)cc1-c1cc(NN)n(Cc2ccccc2)c(=O)n1. The van der Waals surface area contributed by atoms with Gasteiger partial charge in [0.05, 0.1) is 26.5 Å². The standard InChI is InChI=1S/C21H24N4O3/c1-4-15-10-18(27-2)19(28-3)11-16(15)17-12-20(24-22)25(21(26)23-17)13-14-8-6-5-7-9-14/h5-12,24H,4,13,22H2,1-3H3. The van der Waals surface area contributed by atoms with Crippen molar-refractivity contribution in [2.75, 3.05) is 19.6 Å². The van der Waals surface area contributed by atoms with Crippen LogP contribution in [0.25, 0.3) is 11.3 Å². The molecule has 28 heavy (non-hydrogen) atoms. The van der Waals surface area contributed by atoms with Crippen molar-refractivity contribution in [3.8, 4) is 22.8 Å². The second-order valence-corrected chi connectivity index (χ2v) is 6.24. The van der Waals surface area contributed by atoms with Crippen LogP contribution in [0.4, 0.5) is 5.82 Å². The monoisotopic (exact) mass is 380 g/mol. The fraction of sp³-hybridized carbons (Fsp3) is 0.238. The lowest BCUT2D eigenvalue weighted by Gasteiger charge is -2.16. The number of methoxy groups -OCH3 is 2. The second kappa shape index (κ2) is 8.58. The quantitative estimate of drug-likeness (QED) is 0.484. The molecule has 0 atom stereocenters. The molecule has 7 heteroatoms. The zero-order chi connectivity index (χ0) is 20.1. The average molecular weight is 380 g/mol. The third-order valence-electron chi connectivity index (χ3n) is 4.61. The molecule has 1 heterocycles. The zero-order valence-electron chi connectivity index (χ0n) is 16.2. The van der Waals surface area contributed by atoms with E-state index in [2.05, 4.69) is 10.4 Å². The Morgan fingerprint density at radius 1 is 1.07 bits per heavy atom. The van der Waals surface area contributed by atoms with Gasteiger partial charge in [0.2, 0.25) is 0 Å². The maximum atomic E-state index is 12.8. The number of nitrogens with zero attached hydrogens (tertiary/aromatic N) is 2. The molecule has 3 rings (SSSR count). The lowest BCUT2D eigenvalue weighted by molar-refractivity contribution is 0.354. The highest BCUT2D eigenvalue weighted by Gasteiger charge is 2.16. The lowest BCUT2D eigenvalue weighted by Crippen LogP contribution is -2.28. The summed E-state index contributed by atoms with van der Waals surface area (Å²) < 4.78 is 12.3. The molecule has 7 nitrogen and oxygen atoms in total. The number of hydrazine groups is 1. The number of rotatable bonds is 7. The van der Waals surface area contributed by atoms with Crippen LogP contribution in [0.1, 0.15) is 18.1 Å². The molecule has 0 aliphatic heterocycles. The number of anilines is 1. The summed E-state index contributed by atoms with van der Waals surface area (Å²) in [6.07, 6.45) is 0.746. The first-order chi connectivity index (χ1) is 13.6. The molecule has 0 fully saturated rings. The highest BCUT2D eigenvalue weighted by molar-refractivity contribution is 5.70. The average Bonchev–Trinajstić information content (AvgIpc) is 2.74. The molecule has 3 aromatic rings. The minimum Gasteiger partial charge on any atom is -0.493 e. The summed E-state index contributed by atoms with van der Waals surface area (Å²) in [6, 6.07) is 15.2. The fourth-order valence-electron chi connectivity index (χ4n) is 3.13. The van der Waals surface area contributed by atoms with E-state index in [1.165, 1.54) is 4.57 Å². The largest absolute Gasteiger partial charge is 0.493 e. The summed E-state index contributed by atoms with van der Waals surface area (Å²) in [5.41, 5.74) is 5.55. The van der Waals surface area contributed by atoms with Crippen LogP contribution < -0.4 is 26.4 Å². The Labute approximate surface area is 163 Å². The van der Waals surface area contributed by atoms with Gasteiger partial charge in [-0.3, -0.25) is 4.57 Å². The fourth-order valence-corrected chi connectivity index (χ4v) is 3.13. The third-order valence-corrected chi connectivity index (χ3v) is 4.61. The van der Waals surface area contributed by atoms with E-state index in [-0.39, 0.29) is 5.69 Å². The molecule has 0 spiro atoms. The molecule has 146 valence electrons. The van der Waals surface area contributed by atoms with Gasteiger partial charge in [0, 0.05) is 11.6 Å². The molecule has 0 bridgehead atoms. The van der Waals surface area contributed by atoms with Gasteiger partial charge >= 0.3 is 5.69 Å². The molecule has 1 aromatic heterocycles. The summed E-state index contributed by atoms with van der Waals surface area (Å²) in [4.78, 5) is 17.1. The predicted octanol–water partition coefficient (Wildman–Crippen LogP) is 2.82. The van der Waals surface area contributed by atoms with E-state index in [1.54, 1.807) is 20.3 Å². The highest BCUT2D eigenvalue weighted by Crippen LogP contribution is 2.35. The van der Waals surface area contributed by atoms with E-state index in [0.717, 1.165) is 23.1 Å². The van der Waals surface area contributed by atoms with Crippen LogP contribution >= 0.6 is 0 Å². The first kappa shape index (κ1) is 19.4. The summed E-state index contributed by atoms with van der Waals surface area (Å²) in [5.74, 6) is 7.41. The molecule has 2 aromatic carbocycles. The number of hydrogen-bond donors (Lipinski definition) is 2. The van der Waals surface area contributed by atoms with Crippen molar-refractivity contribution in [3.63, 3.8) is 0 Å². The smallest absolute Gasteiger partial charge is 0.350 e. The van der Waals surface area contributed by atoms with Crippen LogP contribution in [0, 0.1) is 0 Å². The minimum absolute atomic E-state index is 0.374. The van der Waals surface area contributed by atoms with Gasteiger partial charge in [-0.2, -0.15) is 4.98 Å². The third kappa shape index (κ3) is 3.84. The first-order valence-corrected chi connectivity index (χ1v) is 8.99. The lowest BCUT2D eigenvalue weighted by atomic mass is 10.0. The molecule has 0 radical (unpaired) electrons. The molecule has 0 amide bonds. The Balaban J connectivity index is 2.11. The van der Waals surface area contributed by atoms with Crippen LogP contribution in [0.3, 0.4) is 0 Å². The topological polar surface area (TPSA) is 91.4 Å². The van der Waals surface area contributed by atoms with Gasteiger partial charge in [-0.25, -0.2) is 10.6 Å². The highest BCUT2D eigenvalue weighted by atomic mass is 16.5. The Morgan fingerprint density at radius 2 is 1.75 bits per heavy atom. The van der Waals surface area contributed by atoms with E-state index in [4.69, 9.17) is 15.3 Å². The van der Waals surface area contributed by atoms with Crippen molar-refractivity contribution in [1.82, 2.24) is 9.55 Å². The van der Waals surface area contributed by atoms with Crippen molar-refractivity contribution in [1.29, 1.82) is 0 Å². The number of benzene rings is 2. The molecule has 0 aliphatic carbocycles. The second-order valence-electron chi connectivity index (χ2n) is 6.24. The molecule has 3 N–H and O–H groups in total. The Morgan fingerprint density at radius 3 is 2.36 bits per heavy atom. The summed E-state index contributed by atoms with van der Waals surface area (Å²) >= 11 is 0. The van der Waals surface area contributed by atoms with Crippen molar-refractivity contribution < 1.29 is 9.47 Å². The molecule has 0 saturated heterocycles. The van der Waals surface area contributed by atoms with Gasteiger partial charge in [-0.15, -0.1) is 0 Å². The van der Waals surface area contributed by atoms with Gasteiger partial charge in [0.1, 0.15) is 5.82 Å². The van der Waals surface area contributed by atoms with Gasteiger partial charge in [0.25, 0.3) is 0 Å². The maximum absolute atomic E-state index is 12.8.